The highest BCUT2D eigenvalue weighted by Crippen LogP contribution is 2.72. The van der Waals surface area contributed by atoms with Crippen LogP contribution in [-0.4, -0.2) is 54.9 Å². The largest absolute Gasteiger partial charge is 0.508 e. The first kappa shape index (κ1) is 16.4. The summed E-state index contributed by atoms with van der Waals surface area (Å²) in [6.45, 7) is 1.84. The van der Waals surface area contributed by atoms with E-state index in [4.69, 9.17) is 4.74 Å². The summed E-state index contributed by atoms with van der Waals surface area (Å²) in [5.74, 6) is -2.33. The van der Waals surface area contributed by atoms with Crippen LogP contribution < -0.4 is 0 Å². The lowest BCUT2D eigenvalue weighted by atomic mass is 9.51. The van der Waals surface area contributed by atoms with Gasteiger partial charge in [0.2, 0.25) is 0 Å². The van der Waals surface area contributed by atoms with E-state index in [1.54, 1.807) is 0 Å². The van der Waals surface area contributed by atoms with Crippen molar-refractivity contribution in [1.82, 2.24) is 0 Å². The van der Waals surface area contributed by atoms with Crippen LogP contribution in [0.4, 0.5) is 0 Å². The number of phenolic OH excluding ortho intramolecular Hbond substituents is 1. The van der Waals surface area contributed by atoms with E-state index in [0.29, 0.717) is 0 Å². The molecule has 5 rings (SSSR count). The Bertz CT molecular complexity index is 865. The third kappa shape index (κ3) is 1.51. The van der Waals surface area contributed by atoms with Gasteiger partial charge in [-0.1, -0.05) is 19.1 Å². The molecule has 1 aromatic carbocycles. The summed E-state index contributed by atoms with van der Waals surface area (Å²) in [7, 11) is 0. The van der Waals surface area contributed by atoms with Gasteiger partial charge in [0.05, 0.1) is 17.6 Å². The summed E-state index contributed by atoms with van der Waals surface area (Å²) in [6.07, 6.45) is -2.49. The SMILES string of the molecule is C[C@@H]1CC(=O)[C@@H]2[C@@](O)(C1)C[C@H](O)[C@]13O[C@]21C(=O)c1cccc(O)c1[C@@H]3O. The number of aliphatic hydroxyl groups excluding tert-OH is 2. The van der Waals surface area contributed by atoms with Gasteiger partial charge in [-0.25, -0.2) is 0 Å². The molecule has 4 N–H and O–H groups in total. The summed E-state index contributed by atoms with van der Waals surface area (Å²) >= 11 is 0. The molecule has 0 amide bonds. The lowest BCUT2D eigenvalue weighted by Gasteiger charge is -2.51. The Labute approximate surface area is 149 Å². The van der Waals surface area contributed by atoms with Crippen molar-refractivity contribution in [2.24, 2.45) is 11.8 Å². The highest BCUT2D eigenvalue weighted by molar-refractivity contribution is 6.12. The van der Waals surface area contributed by atoms with Crippen molar-refractivity contribution in [1.29, 1.82) is 0 Å². The number of rotatable bonds is 0. The van der Waals surface area contributed by atoms with Crippen molar-refractivity contribution in [3.05, 3.63) is 29.3 Å². The molecule has 7 nitrogen and oxygen atoms in total. The number of fused-ring (bicyclic) bond motifs is 2. The van der Waals surface area contributed by atoms with Crippen molar-refractivity contribution < 1.29 is 34.8 Å². The third-order valence-electron chi connectivity index (χ3n) is 6.77. The van der Waals surface area contributed by atoms with Gasteiger partial charge in [-0.2, -0.15) is 0 Å². The van der Waals surface area contributed by atoms with Crippen molar-refractivity contribution in [3.63, 3.8) is 0 Å². The smallest absolute Gasteiger partial charge is 0.199 e. The molecule has 1 aromatic rings. The molecule has 3 fully saturated rings. The predicted octanol–water partition coefficient (Wildman–Crippen LogP) is 0.241. The molecule has 7 heteroatoms. The number of Topliss-reactive ketones (excluding diaryl/α,β-unsaturated/α-hetero) is 2. The van der Waals surface area contributed by atoms with Crippen LogP contribution in [0.1, 0.15) is 48.2 Å². The molecule has 1 aliphatic heterocycles. The van der Waals surface area contributed by atoms with Crippen LogP contribution in [-0.2, 0) is 9.53 Å². The molecule has 26 heavy (non-hydrogen) atoms. The fourth-order valence-electron chi connectivity index (χ4n) is 5.94. The second kappa shape index (κ2) is 4.54. The molecular formula is C19H20O7. The van der Waals surface area contributed by atoms with Crippen molar-refractivity contribution in [2.75, 3.05) is 0 Å². The van der Waals surface area contributed by atoms with E-state index in [2.05, 4.69) is 0 Å². The topological polar surface area (TPSA) is 128 Å². The Hall–Kier alpha value is -1.80. The molecule has 3 aliphatic carbocycles. The molecular weight excluding hydrogens is 340 g/mol. The van der Waals surface area contributed by atoms with Gasteiger partial charge in [0.1, 0.15) is 17.6 Å². The van der Waals surface area contributed by atoms with Gasteiger partial charge in [0.15, 0.2) is 17.0 Å². The van der Waals surface area contributed by atoms with E-state index in [1.165, 1.54) is 18.2 Å². The Balaban J connectivity index is 1.76. The molecule has 0 unspecified atom stereocenters. The van der Waals surface area contributed by atoms with Gasteiger partial charge in [-0.05, 0) is 18.4 Å². The van der Waals surface area contributed by atoms with E-state index in [9.17, 15) is 30.0 Å². The molecule has 1 heterocycles. The Kier molecular flexibility index (Phi) is 2.86. The highest BCUT2D eigenvalue weighted by Gasteiger charge is 2.90. The van der Waals surface area contributed by atoms with E-state index in [0.717, 1.165) is 0 Å². The minimum atomic E-state index is -1.78. The molecule has 0 radical (unpaired) electrons. The second-order valence-corrected chi connectivity index (χ2v) is 8.34. The number of ketones is 2. The number of benzene rings is 1. The second-order valence-electron chi connectivity index (χ2n) is 8.34. The fourth-order valence-corrected chi connectivity index (χ4v) is 5.94. The van der Waals surface area contributed by atoms with Crippen molar-refractivity contribution in [2.45, 2.75) is 55.2 Å². The standard InChI is InChI=1S/C19H20O7/c1-8-5-11(21)14-17(25,6-8)7-12(22)18-16(24)13-9(3-2-4-10(13)20)15(23)19(14,18)26-18/h2-4,8,12,14,16,20,22,24-25H,5-7H2,1H3/t8-,12+,14-,16+,17-,18-,19+/m1/s1. The summed E-state index contributed by atoms with van der Waals surface area (Å²) in [5, 5.41) is 43.1. The monoisotopic (exact) mass is 360 g/mol. The van der Waals surface area contributed by atoms with Gasteiger partial charge < -0.3 is 25.2 Å². The molecule has 0 aromatic heterocycles. The number of epoxide rings is 1. The molecule has 0 bridgehead atoms. The first-order valence-corrected chi connectivity index (χ1v) is 8.87. The van der Waals surface area contributed by atoms with E-state index >= 15 is 0 Å². The van der Waals surface area contributed by atoms with Gasteiger partial charge in [-0.15, -0.1) is 0 Å². The maximum atomic E-state index is 13.4. The zero-order valence-corrected chi connectivity index (χ0v) is 14.2. The van der Waals surface area contributed by atoms with Gasteiger partial charge >= 0.3 is 0 Å². The Morgan fingerprint density at radius 2 is 1.92 bits per heavy atom. The number of aliphatic hydroxyl groups is 3. The van der Waals surface area contributed by atoms with Crippen LogP contribution in [0.25, 0.3) is 0 Å². The average Bonchev–Trinajstić information content (AvgIpc) is 3.24. The van der Waals surface area contributed by atoms with Gasteiger partial charge in [0.25, 0.3) is 0 Å². The van der Waals surface area contributed by atoms with Crippen molar-refractivity contribution in [3.8, 4) is 5.75 Å². The maximum Gasteiger partial charge on any atom is 0.199 e. The minimum Gasteiger partial charge on any atom is -0.508 e. The van der Waals surface area contributed by atoms with Crippen LogP contribution in [0.3, 0.4) is 0 Å². The molecule has 1 saturated heterocycles. The van der Waals surface area contributed by atoms with Gasteiger partial charge in [-0.3, -0.25) is 9.59 Å². The first-order valence-electron chi connectivity index (χ1n) is 8.87. The predicted molar refractivity (Wildman–Crippen MR) is 86.4 cm³/mol. The number of ether oxygens (including phenoxy) is 1. The van der Waals surface area contributed by atoms with E-state index in [1.807, 2.05) is 6.92 Å². The molecule has 7 atom stereocenters. The number of aromatic hydroxyl groups is 1. The number of phenols is 1. The Morgan fingerprint density at radius 3 is 2.65 bits per heavy atom. The molecule has 4 aliphatic rings. The fraction of sp³-hybridized carbons (Fsp3) is 0.579. The zero-order valence-electron chi connectivity index (χ0n) is 14.2. The van der Waals surface area contributed by atoms with Crippen LogP contribution >= 0.6 is 0 Å². The van der Waals surface area contributed by atoms with E-state index in [-0.39, 0.29) is 47.8 Å². The number of carbonyl (C=O) groups is 2. The normalized spacial score (nSPS) is 48.9. The summed E-state index contributed by atoms with van der Waals surface area (Å²) in [5.41, 5.74) is -4.97. The molecule has 138 valence electrons. The number of hydrogen-bond donors (Lipinski definition) is 4. The van der Waals surface area contributed by atoms with E-state index < -0.39 is 40.7 Å². The highest BCUT2D eigenvalue weighted by atomic mass is 16.7. The minimum absolute atomic E-state index is 0.00624. The lowest BCUT2D eigenvalue weighted by molar-refractivity contribution is -0.162. The summed E-state index contributed by atoms with van der Waals surface area (Å²) in [6, 6.07) is 4.28. The van der Waals surface area contributed by atoms with Gasteiger partial charge in [0, 0.05) is 24.0 Å². The Morgan fingerprint density at radius 1 is 1.19 bits per heavy atom. The summed E-state index contributed by atoms with van der Waals surface area (Å²) < 4.78 is 5.79. The van der Waals surface area contributed by atoms with Crippen LogP contribution in [0, 0.1) is 11.8 Å². The lowest BCUT2D eigenvalue weighted by Crippen LogP contribution is -2.68. The van der Waals surface area contributed by atoms with Crippen LogP contribution in [0.5, 0.6) is 5.75 Å². The third-order valence-corrected chi connectivity index (χ3v) is 6.77. The molecule has 0 spiro atoms. The van der Waals surface area contributed by atoms with Crippen molar-refractivity contribution >= 4 is 11.6 Å². The molecule has 2 saturated carbocycles. The average molecular weight is 360 g/mol. The van der Waals surface area contributed by atoms with Crippen LogP contribution in [0.2, 0.25) is 0 Å². The quantitative estimate of drug-likeness (QED) is 0.488. The first-order chi connectivity index (χ1) is 12.2. The zero-order chi connectivity index (χ0) is 18.6. The maximum absolute atomic E-state index is 13.4. The number of carbonyl (C=O) groups excluding carboxylic acids is 2. The number of hydrogen-bond acceptors (Lipinski definition) is 7. The summed E-state index contributed by atoms with van der Waals surface area (Å²) in [4.78, 5) is 26.2. The van der Waals surface area contributed by atoms with Crippen LogP contribution in [0.15, 0.2) is 18.2 Å².